The van der Waals surface area contributed by atoms with Crippen LogP contribution in [0.15, 0.2) is 46.5 Å². The van der Waals surface area contributed by atoms with Gasteiger partial charge in [-0.15, -0.1) is 0 Å². The molecule has 0 saturated carbocycles. The Labute approximate surface area is 125 Å². The molecule has 0 radical (unpaired) electrons. The highest BCUT2D eigenvalue weighted by atomic mass is 35.5. The third-order valence-corrected chi connectivity index (χ3v) is 3.22. The molecule has 2 aromatic rings. The van der Waals surface area contributed by atoms with E-state index in [1.807, 2.05) is 18.2 Å². The number of benzene rings is 1. The predicted octanol–water partition coefficient (Wildman–Crippen LogP) is 2.95. The van der Waals surface area contributed by atoms with Crippen LogP contribution in [0.4, 0.5) is 0 Å². The lowest BCUT2D eigenvalue weighted by atomic mass is 10.2. The van der Waals surface area contributed by atoms with Crippen molar-refractivity contribution in [2.24, 2.45) is 0 Å². The van der Waals surface area contributed by atoms with E-state index in [0.29, 0.717) is 27.4 Å². The van der Waals surface area contributed by atoms with E-state index in [-0.39, 0.29) is 5.91 Å². The van der Waals surface area contributed by atoms with Gasteiger partial charge in [0.2, 0.25) is 0 Å². The Morgan fingerprint density at radius 2 is 1.85 bits per heavy atom. The molecule has 1 amide bonds. The number of nitrogens with one attached hydrogen (secondary N) is 2. The van der Waals surface area contributed by atoms with Crippen LogP contribution in [0.2, 0.25) is 5.02 Å². The minimum Gasteiger partial charge on any atom is -0.457 e. The molecule has 1 aliphatic rings. The summed E-state index contributed by atoms with van der Waals surface area (Å²) in [6.45, 7) is 0. The molecule has 1 aromatic heterocycles. The summed E-state index contributed by atoms with van der Waals surface area (Å²) in [6.07, 6.45) is 1.61. The van der Waals surface area contributed by atoms with E-state index >= 15 is 0 Å². The maximum Gasteiger partial charge on any atom is 0.274 e. The molecule has 0 atom stereocenters. The third kappa shape index (κ3) is 2.59. The van der Waals surface area contributed by atoms with Crippen molar-refractivity contribution in [3.8, 4) is 11.3 Å². The third-order valence-electron chi connectivity index (χ3n) is 2.76. The van der Waals surface area contributed by atoms with Crippen LogP contribution in [0.1, 0.15) is 5.76 Å². The molecule has 1 saturated heterocycles. The van der Waals surface area contributed by atoms with Crippen LogP contribution < -0.4 is 10.6 Å². The lowest BCUT2D eigenvalue weighted by Crippen LogP contribution is -2.21. The molecule has 100 valence electrons. The second kappa shape index (κ2) is 5.11. The molecule has 1 fully saturated rings. The number of carbonyl (C=O) groups is 1. The summed E-state index contributed by atoms with van der Waals surface area (Å²) in [5, 5.41) is 6.22. The van der Waals surface area contributed by atoms with Gasteiger partial charge in [0.05, 0.1) is 0 Å². The summed E-state index contributed by atoms with van der Waals surface area (Å²) >= 11 is 10.7. The van der Waals surface area contributed by atoms with Crippen molar-refractivity contribution in [2.75, 3.05) is 0 Å². The fourth-order valence-electron chi connectivity index (χ4n) is 1.82. The van der Waals surface area contributed by atoms with Gasteiger partial charge in [-0.05, 0) is 48.6 Å². The Hall–Kier alpha value is -2.11. The van der Waals surface area contributed by atoms with E-state index in [2.05, 4.69) is 10.6 Å². The van der Waals surface area contributed by atoms with Gasteiger partial charge in [-0.1, -0.05) is 11.6 Å². The van der Waals surface area contributed by atoms with Crippen LogP contribution in [0.25, 0.3) is 17.4 Å². The van der Waals surface area contributed by atoms with Crippen LogP contribution >= 0.6 is 23.8 Å². The second-order valence-corrected chi connectivity index (χ2v) is 5.02. The van der Waals surface area contributed by atoms with E-state index in [1.165, 1.54) is 0 Å². The first kappa shape index (κ1) is 12.9. The van der Waals surface area contributed by atoms with Gasteiger partial charge < -0.3 is 9.73 Å². The Kier molecular flexibility index (Phi) is 3.30. The normalized spacial score (nSPS) is 16.4. The number of amides is 1. The summed E-state index contributed by atoms with van der Waals surface area (Å²) in [5.41, 5.74) is 1.28. The van der Waals surface area contributed by atoms with Crippen LogP contribution in [0, 0.1) is 0 Å². The van der Waals surface area contributed by atoms with Crippen molar-refractivity contribution in [3.05, 3.63) is 52.9 Å². The number of hydrogen-bond acceptors (Lipinski definition) is 3. The molecule has 0 spiro atoms. The molecule has 4 nitrogen and oxygen atoms in total. The quantitative estimate of drug-likeness (QED) is 0.661. The molecule has 2 N–H and O–H groups in total. The molecule has 0 unspecified atom stereocenters. The number of thiocarbonyl (C=S) groups is 1. The standard InChI is InChI=1S/C14H9ClN2O2S/c15-9-3-1-8(2-4-9)12-6-5-10(19-12)7-11-13(18)17-14(20)16-11/h1-7H,(H2,16,17,18,20)/b11-7-. The van der Waals surface area contributed by atoms with Gasteiger partial charge in [-0.25, -0.2) is 0 Å². The van der Waals surface area contributed by atoms with Crippen molar-refractivity contribution >= 4 is 40.9 Å². The van der Waals surface area contributed by atoms with Crippen LogP contribution in [-0.4, -0.2) is 11.0 Å². The average molecular weight is 305 g/mol. The summed E-state index contributed by atoms with van der Waals surface area (Å²) in [7, 11) is 0. The highest BCUT2D eigenvalue weighted by Gasteiger charge is 2.20. The van der Waals surface area contributed by atoms with E-state index in [0.717, 1.165) is 5.56 Å². The largest absolute Gasteiger partial charge is 0.457 e. The molecule has 20 heavy (non-hydrogen) atoms. The molecule has 6 heteroatoms. The first-order valence-electron chi connectivity index (χ1n) is 5.81. The fraction of sp³-hybridized carbons (Fsp3) is 0. The minimum absolute atomic E-state index is 0.264. The molecule has 2 heterocycles. The number of rotatable bonds is 2. The minimum atomic E-state index is -0.264. The SMILES string of the molecule is O=C1NC(=S)N/C1=C\c1ccc(-c2ccc(Cl)cc2)o1. The lowest BCUT2D eigenvalue weighted by molar-refractivity contribution is -0.115. The number of hydrogen-bond donors (Lipinski definition) is 2. The van der Waals surface area contributed by atoms with Crippen LogP contribution in [-0.2, 0) is 4.79 Å². The summed E-state index contributed by atoms with van der Waals surface area (Å²) in [5.74, 6) is 1.01. The fourth-order valence-corrected chi connectivity index (χ4v) is 2.15. The summed E-state index contributed by atoms with van der Waals surface area (Å²) in [4.78, 5) is 11.5. The van der Waals surface area contributed by atoms with Gasteiger partial charge in [0.15, 0.2) is 5.11 Å². The highest BCUT2D eigenvalue weighted by molar-refractivity contribution is 7.80. The van der Waals surface area contributed by atoms with E-state index in [4.69, 9.17) is 28.2 Å². The average Bonchev–Trinajstić information content (AvgIpc) is 2.98. The summed E-state index contributed by atoms with van der Waals surface area (Å²) < 4.78 is 5.67. The zero-order valence-electron chi connectivity index (χ0n) is 10.1. The summed E-state index contributed by atoms with van der Waals surface area (Å²) in [6, 6.07) is 10.9. The van der Waals surface area contributed by atoms with Crippen molar-refractivity contribution in [1.82, 2.24) is 10.6 Å². The Balaban J connectivity index is 1.87. The van der Waals surface area contributed by atoms with Gasteiger partial charge in [-0.3, -0.25) is 10.1 Å². The van der Waals surface area contributed by atoms with Gasteiger partial charge in [0.25, 0.3) is 5.91 Å². The maximum atomic E-state index is 11.5. The Bertz CT molecular complexity index is 719. The molecular weight excluding hydrogens is 296 g/mol. The predicted molar refractivity (Wildman–Crippen MR) is 81.0 cm³/mol. The molecule has 1 aliphatic heterocycles. The first-order chi connectivity index (χ1) is 9.61. The zero-order chi connectivity index (χ0) is 14.1. The van der Waals surface area contributed by atoms with Gasteiger partial charge in [0.1, 0.15) is 17.2 Å². The van der Waals surface area contributed by atoms with E-state index in [1.54, 1.807) is 24.3 Å². The Morgan fingerprint density at radius 1 is 1.10 bits per heavy atom. The number of halogens is 1. The number of carbonyl (C=O) groups excluding carboxylic acids is 1. The van der Waals surface area contributed by atoms with Crippen molar-refractivity contribution in [2.45, 2.75) is 0 Å². The van der Waals surface area contributed by atoms with E-state index < -0.39 is 0 Å². The van der Waals surface area contributed by atoms with Gasteiger partial charge >= 0.3 is 0 Å². The van der Waals surface area contributed by atoms with Crippen molar-refractivity contribution < 1.29 is 9.21 Å². The monoisotopic (exact) mass is 304 g/mol. The molecular formula is C14H9ClN2O2S. The van der Waals surface area contributed by atoms with E-state index in [9.17, 15) is 4.79 Å². The first-order valence-corrected chi connectivity index (χ1v) is 6.60. The molecule has 3 rings (SSSR count). The smallest absolute Gasteiger partial charge is 0.274 e. The number of furan rings is 1. The molecule has 0 aliphatic carbocycles. The molecule has 1 aromatic carbocycles. The second-order valence-electron chi connectivity index (χ2n) is 4.18. The zero-order valence-corrected chi connectivity index (χ0v) is 11.7. The van der Waals surface area contributed by atoms with Crippen molar-refractivity contribution in [3.63, 3.8) is 0 Å². The Morgan fingerprint density at radius 3 is 2.50 bits per heavy atom. The maximum absolute atomic E-state index is 11.5. The highest BCUT2D eigenvalue weighted by Crippen LogP contribution is 2.24. The topological polar surface area (TPSA) is 54.3 Å². The molecule has 0 bridgehead atoms. The van der Waals surface area contributed by atoms with Gasteiger partial charge in [-0.2, -0.15) is 0 Å². The van der Waals surface area contributed by atoms with Gasteiger partial charge in [0, 0.05) is 16.7 Å². The van der Waals surface area contributed by atoms with Crippen molar-refractivity contribution in [1.29, 1.82) is 0 Å². The van der Waals surface area contributed by atoms with Crippen LogP contribution in [0.5, 0.6) is 0 Å². The van der Waals surface area contributed by atoms with Crippen LogP contribution in [0.3, 0.4) is 0 Å². The lowest BCUT2D eigenvalue weighted by Gasteiger charge is -1.97.